The van der Waals surface area contributed by atoms with Crippen molar-refractivity contribution < 1.29 is 9.53 Å². The molecule has 0 spiro atoms. The van der Waals surface area contributed by atoms with Gasteiger partial charge in [-0.2, -0.15) is 0 Å². The molecule has 3 heteroatoms. The number of rotatable bonds is 2. The van der Waals surface area contributed by atoms with E-state index in [2.05, 4.69) is 4.99 Å². The molecule has 0 bridgehead atoms. The summed E-state index contributed by atoms with van der Waals surface area (Å²) in [5, 5.41) is 0. The zero-order valence-corrected chi connectivity index (χ0v) is 6.93. The quantitative estimate of drug-likeness (QED) is 0.579. The van der Waals surface area contributed by atoms with Crippen molar-refractivity contribution >= 4 is 12.2 Å². The van der Waals surface area contributed by atoms with E-state index in [0.717, 1.165) is 0 Å². The van der Waals surface area contributed by atoms with Gasteiger partial charge < -0.3 is 4.74 Å². The second-order valence-electron chi connectivity index (χ2n) is 2.30. The van der Waals surface area contributed by atoms with Crippen LogP contribution in [-0.2, 0) is 9.53 Å². The van der Waals surface area contributed by atoms with Gasteiger partial charge in [-0.25, -0.2) is 0 Å². The number of hydrogen-bond donors (Lipinski definition) is 0. The Balaban J connectivity index is 2.57. The van der Waals surface area contributed by atoms with Crippen LogP contribution < -0.4 is 0 Å². The Morgan fingerprint density at radius 3 is 3.17 bits per heavy atom. The van der Waals surface area contributed by atoms with Crippen LogP contribution in [0, 0.1) is 5.92 Å². The number of ether oxygens (including phenoxy) is 1. The Hall–Kier alpha value is -1.38. The van der Waals surface area contributed by atoms with Crippen LogP contribution in [0.25, 0.3) is 0 Å². The number of hydrogen-bond acceptors (Lipinski definition) is 3. The van der Waals surface area contributed by atoms with Gasteiger partial charge in [0.2, 0.25) is 0 Å². The predicted octanol–water partition coefficient (Wildman–Crippen LogP) is 1.32. The Labute approximate surface area is 71.4 Å². The molecule has 0 N–H and O–H groups in total. The van der Waals surface area contributed by atoms with Crippen LogP contribution in [0.15, 0.2) is 29.4 Å². The maximum absolute atomic E-state index is 11.2. The molecule has 3 nitrogen and oxygen atoms in total. The van der Waals surface area contributed by atoms with Crippen LogP contribution in [0.3, 0.4) is 0 Å². The van der Waals surface area contributed by atoms with E-state index in [4.69, 9.17) is 4.74 Å². The molecule has 1 heterocycles. The van der Waals surface area contributed by atoms with Gasteiger partial charge in [0.05, 0.1) is 6.61 Å². The molecule has 1 aliphatic heterocycles. The van der Waals surface area contributed by atoms with Crippen LogP contribution >= 0.6 is 0 Å². The molecule has 0 amide bonds. The van der Waals surface area contributed by atoms with Gasteiger partial charge in [0, 0.05) is 12.4 Å². The van der Waals surface area contributed by atoms with E-state index < -0.39 is 0 Å². The minimum Gasteiger partial charge on any atom is -0.465 e. The first-order chi connectivity index (χ1) is 5.84. The van der Waals surface area contributed by atoms with Gasteiger partial charge in [-0.15, -0.1) is 0 Å². The van der Waals surface area contributed by atoms with E-state index in [1.807, 2.05) is 0 Å². The molecule has 1 unspecified atom stereocenters. The first-order valence-corrected chi connectivity index (χ1v) is 3.88. The number of nitrogens with zero attached hydrogens (tertiary/aromatic N) is 1. The third-order valence-corrected chi connectivity index (χ3v) is 1.41. The van der Waals surface area contributed by atoms with Crippen LogP contribution in [0.2, 0.25) is 0 Å². The van der Waals surface area contributed by atoms with Crippen molar-refractivity contribution in [2.45, 2.75) is 6.92 Å². The predicted molar refractivity (Wildman–Crippen MR) is 46.9 cm³/mol. The molecule has 0 aromatic carbocycles. The number of carbonyl (C=O) groups excluding carboxylic acids is 1. The minimum atomic E-state index is -0.333. The fourth-order valence-electron chi connectivity index (χ4n) is 0.853. The summed E-state index contributed by atoms with van der Waals surface area (Å²) in [6.45, 7) is 2.19. The average molecular weight is 165 g/mol. The average Bonchev–Trinajstić information content (AvgIpc) is 2.32. The maximum atomic E-state index is 11.2. The van der Waals surface area contributed by atoms with E-state index in [0.29, 0.717) is 6.61 Å². The minimum absolute atomic E-state index is 0.249. The van der Waals surface area contributed by atoms with Crippen molar-refractivity contribution in [1.29, 1.82) is 0 Å². The number of carbonyl (C=O) groups is 1. The maximum Gasteiger partial charge on any atom is 0.318 e. The smallest absolute Gasteiger partial charge is 0.318 e. The van der Waals surface area contributed by atoms with Crippen LogP contribution in [0.1, 0.15) is 6.92 Å². The normalized spacial score (nSPS) is 20.6. The summed E-state index contributed by atoms with van der Waals surface area (Å²) in [5.41, 5.74) is 0. The molecule has 64 valence electrons. The lowest BCUT2D eigenvalue weighted by Crippen LogP contribution is -2.16. The van der Waals surface area contributed by atoms with Crippen LogP contribution in [-0.4, -0.2) is 18.8 Å². The van der Waals surface area contributed by atoms with E-state index >= 15 is 0 Å². The van der Waals surface area contributed by atoms with Gasteiger partial charge in [-0.3, -0.25) is 9.79 Å². The Bertz CT molecular complexity index is 225. The Kier molecular flexibility index (Phi) is 3.26. The molecule has 0 fully saturated rings. The topological polar surface area (TPSA) is 38.7 Å². The first kappa shape index (κ1) is 8.71. The molecular formula is C9H11NO2. The van der Waals surface area contributed by atoms with Gasteiger partial charge in [0.25, 0.3) is 0 Å². The van der Waals surface area contributed by atoms with Crippen LogP contribution in [0.5, 0.6) is 0 Å². The van der Waals surface area contributed by atoms with E-state index in [9.17, 15) is 4.79 Å². The third-order valence-electron chi connectivity index (χ3n) is 1.41. The summed E-state index contributed by atoms with van der Waals surface area (Å²) in [4.78, 5) is 15.0. The molecular weight excluding hydrogens is 154 g/mol. The van der Waals surface area contributed by atoms with Crippen molar-refractivity contribution in [2.75, 3.05) is 6.61 Å². The summed E-state index contributed by atoms with van der Waals surface area (Å²) in [6, 6.07) is 0. The molecule has 0 aliphatic carbocycles. The fourth-order valence-corrected chi connectivity index (χ4v) is 0.853. The van der Waals surface area contributed by atoms with Crippen molar-refractivity contribution in [2.24, 2.45) is 10.9 Å². The molecule has 0 aromatic rings. The standard InChI is InChI=1S/C9H11NO2/c1-2-12-9(11)8-5-3-4-6-10-7-8/h3-8H,2H2,1H3. The van der Waals surface area contributed by atoms with Crippen molar-refractivity contribution in [3.8, 4) is 0 Å². The summed E-state index contributed by atoms with van der Waals surface area (Å²) >= 11 is 0. The van der Waals surface area contributed by atoms with Gasteiger partial charge in [-0.05, 0) is 13.0 Å². The molecule has 0 saturated heterocycles. The molecule has 0 saturated carbocycles. The molecule has 12 heavy (non-hydrogen) atoms. The number of aliphatic imine (C=N–C) groups is 1. The summed E-state index contributed by atoms with van der Waals surface area (Å²) in [5.74, 6) is -0.582. The zero-order valence-electron chi connectivity index (χ0n) is 6.93. The van der Waals surface area contributed by atoms with Crippen molar-refractivity contribution in [3.05, 3.63) is 24.4 Å². The zero-order chi connectivity index (χ0) is 8.81. The highest BCUT2D eigenvalue weighted by atomic mass is 16.5. The van der Waals surface area contributed by atoms with E-state index in [1.54, 1.807) is 37.6 Å². The lowest BCUT2D eigenvalue weighted by molar-refractivity contribution is -0.144. The molecule has 1 aliphatic rings. The van der Waals surface area contributed by atoms with Crippen molar-refractivity contribution in [1.82, 2.24) is 0 Å². The molecule has 0 aromatic heterocycles. The lowest BCUT2D eigenvalue weighted by atomic mass is 10.1. The van der Waals surface area contributed by atoms with Gasteiger partial charge in [0.1, 0.15) is 5.92 Å². The SMILES string of the molecule is CCOC(=O)C1C=CC=CN=C1. The van der Waals surface area contributed by atoms with Gasteiger partial charge >= 0.3 is 5.97 Å². The third kappa shape index (κ3) is 2.34. The summed E-state index contributed by atoms with van der Waals surface area (Å²) < 4.78 is 4.83. The summed E-state index contributed by atoms with van der Waals surface area (Å²) in [6.07, 6.45) is 8.52. The highest BCUT2D eigenvalue weighted by molar-refractivity contribution is 5.92. The first-order valence-electron chi connectivity index (χ1n) is 3.88. The second kappa shape index (κ2) is 4.49. The summed E-state index contributed by atoms with van der Waals surface area (Å²) in [7, 11) is 0. The van der Waals surface area contributed by atoms with Crippen molar-refractivity contribution in [3.63, 3.8) is 0 Å². The fraction of sp³-hybridized carbons (Fsp3) is 0.333. The highest BCUT2D eigenvalue weighted by Gasteiger charge is 2.13. The molecule has 0 radical (unpaired) electrons. The Morgan fingerprint density at radius 2 is 2.42 bits per heavy atom. The molecule has 1 atom stereocenters. The van der Waals surface area contributed by atoms with Crippen LogP contribution in [0.4, 0.5) is 0 Å². The van der Waals surface area contributed by atoms with Gasteiger partial charge in [0.15, 0.2) is 0 Å². The Morgan fingerprint density at radius 1 is 1.58 bits per heavy atom. The second-order valence-corrected chi connectivity index (χ2v) is 2.30. The highest BCUT2D eigenvalue weighted by Crippen LogP contribution is 2.02. The lowest BCUT2D eigenvalue weighted by Gasteiger charge is -2.04. The van der Waals surface area contributed by atoms with Gasteiger partial charge in [-0.1, -0.05) is 12.2 Å². The number of allylic oxidation sites excluding steroid dienone is 2. The monoisotopic (exact) mass is 165 g/mol. The largest absolute Gasteiger partial charge is 0.465 e. The van der Waals surface area contributed by atoms with E-state index in [1.165, 1.54) is 0 Å². The van der Waals surface area contributed by atoms with E-state index in [-0.39, 0.29) is 11.9 Å². The number of esters is 1. The molecule has 1 rings (SSSR count).